The molecule has 0 unspecified atom stereocenters. The van der Waals surface area contributed by atoms with E-state index in [0.717, 1.165) is 28.7 Å². The number of nitrogens with zero attached hydrogens (tertiary/aromatic N) is 5. The van der Waals surface area contributed by atoms with Gasteiger partial charge in [0.15, 0.2) is 17.3 Å². The maximum absolute atomic E-state index is 13.4. The zero-order valence-electron chi connectivity index (χ0n) is 21.6. The molecule has 11 heteroatoms. The van der Waals surface area contributed by atoms with Gasteiger partial charge in [-0.05, 0) is 61.1 Å². The van der Waals surface area contributed by atoms with Gasteiger partial charge in [0.1, 0.15) is 23.2 Å². The minimum absolute atomic E-state index is 0.0211. The van der Waals surface area contributed by atoms with Crippen molar-refractivity contribution in [2.75, 3.05) is 0 Å². The Bertz CT molecular complexity index is 1800. The van der Waals surface area contributed by atoms with Gasteiger partial charge in [0.25, 0.3) is 17.6 Å². The Labute approximate surface area is 222 Å². The normalized spacial score (nSPS) is 14.5. The van der Waals surface area contributed by atoms with E-state index in [1.165, 1.54) is 16.9 Å². The lowest BCUT2D eigenvalue weighted by Crippen LogP contribution is -2.30. The number of Topliss-reactive ketones (excluding diaryl/α,β-unsaturated/α-hetero) is 1. The van der Waals surface area contributed by atoms with Crippen molar-refractivity contribution < 1.29 is 18.8 Å². The fourth-order valence-electron chi connectivity index (χ4n) is 5.21. The second-order valence-electron chi connectivity index (χ2n) is 9.64. The van der Waals surface area contributed by atoms with Crippen molar-refractivity contribution >= 4 is 34.5 Å². The molecule has 0 bridgehead atoms. The molecule has 1 aliphatic carbocycles. The molecule has 0 fully saturated rings. The number of nitrogens with one attached hydrogen (secondary N) is 2. The number of hydrogen-bond donors (Lipinski definition) is 2. The van der Waals surface area contributed by atoms with Crippen molar-refractivity contribution in [3.63, 3.8) is 0 Å². The van der Waals surface area contributed by atoms with Gasteiger partial charge in [-0.15, -0.1) is 0 Å². The summed E-state index contributed by atoms with van der Waals surface area (Å²) in [5, 5.41) is 10.0. The molecule has 39 heavy (non-hydrogen) atoms. The number of aryl methyl sites for hydroxylation is 1. The Morgan fingerprint density at radius 1 is 1.08 bits per heavy atom. The van der Waals surface area contributed by atoms with E-state index in [1.54, 1.807) is 13.8 Å². The summed E-state index contributed by atoms with van der Waals surface area (Å²) in [6, 6.07) is 10.4. The van der Waals surface area contributed by atoms with Crippen LogP contribution in [0.2, 0.25) is 0 Å². The number of hydrogen-bond acceptors (Lipinski definition) is 8. The highest BCUT2D eigenvalue weighted by molar-refractivity contribution is 5.98. The lowest BCUT2D eigenvalue weighted by Gasteiger charge is -2.16. The first kappa shape index (κ1) is 24.4. The molecule has 0 radical (unpaired) electrons. The zero-order chi connectivity index (χ0) is 27.3. The van der Waals surface area contributed by atoms with Gasteiger partial charge in [-0.2, -0.15) is 14.6 Å². The predicted octanol–water partition coefficient (Wildman–Crippen LogP) is 3.43. The van der Waals surface area contributed by atoms with Crippen molar-refractivity contribution in [1.29, 1.82) is 0 Å². The minimum Gasteiger partial charge on any atom is -0.441 e. The molecule has 0 aliphatic heterocycles. The molecular formula is C28H25N7O4. The zero-order valence-corrected chi connectivity index (χ0v) is 21.6. The van der Waals surface area contributed by atoms with Crippen molar-refractivity contribution in [2.24, 2.45) is 0 Å². The highest BCUT2D eigenvalue weighted by atomic mass is 16.3. The van der Waals surface area contributed by atoms with Gasteiger partial charge in [-0.1, -0.05) is 18.2 Å². The van der Waals surface area contributed by atoms with E-state index in [2.05, 4.69) is 30.7 Å². The van der Waals surface area contributed by atoms with Crippen LogP contribution >= 0.6 is 0 Å². The highest BCUT2D eigenvalue weighted by Crippen LogP contribution is 2.35. The van der Waals surface area contributed by atoms with Crippen LogP contribution in [0.15, 0.2) is 47.1 Å². The molecule has 11 nitrogen and oxygen atoms in total. The van der Waals surface area contributed by atoms with Gasteiger partial charge in [-0.3, -0.25) is 14.4 Å². The highest BCUT2D eigenvalue weighted by Gasteiger charge is 2.28. The second kappa shape index (κ2) is 9.43. The van der Waals surface area contributed by atoms with E-state index < -0.39 is 11.8 Å². The lowest BCUT2D eigenvalue weighted by molar-refractivity contribution is 0.0927. The van der Waals surface area contributed by atoms with Gasteiger partial charge in [0.2, 0.25) is 0 Å². The molecule has 6 rings (SSSR count). The smallest absolute Gasteiger partial charge is 0.270 e. The molecule has 0 saturated heterocycles. The van der Waals surface area contributed by atoms with Crippen molar-refractivity contribution in [2.45, 2.75) is 46.2 Å². The first-order valence-electron chi connectivity index (χ1n) is 12.6. The number of fused-ring (bicyclic) bond motifs is 3. The summed E-state index contributed by atoms with van der Waals surface area (Å²) in [5.41, 5.74) is 6.16. The van der Waals surface area contributed by atoms with Crippen molar-refractivity contribution in [3.8, 4) is 0 Å². The summed E-state index contributed by atoms with van der Waals surface area (Å²) < 4.78 is 6.81. The summed E-state index contributed by atoms with van der Waals surface area (Å²) in [4.78, 5) is 51.1. The predicted molar refractivity (Wildman–Crippen MR) is 140 cm³/mol. The number of aromatic nitrogens is 5. The van der Waals surface area contributed by atoms with Crippen molar-refractivity contribution in [1.82, 2.24) is 35.2 Å². The molecular weight excluding hydrogens is 498 g/mol. The Hall–Kier alpha value is -4.93. The van der Waals surface area contributed by atoms with Crippen LogP contribution < -0.4 is 10.6 Å². The third kappa shape index (κ3) is 4.41. The number of amides is 2. The van der Waals surface area contributed by atoms with Crippen LogP contribution in [-0.2, 0) is 13.0 Å². The first-order chi connectivity index (χ1) is 18.8. The monoisotopic (exact) mass is 523 g/mol. The first-order valence-corrected chi connectivity index (χ1v) is 12.6. The number of carbonyl (C=O) groups excluding carboxylic acids is 3. The van der Waals surface area contributed by atoms with E-state index in [-0.39, 0.29) is 35.5 Å². The topological polar surface area (TPSA) is 144 Å². The van der Waals surface area contributed by atoms with Gasteiger partial charge in [-0.25, -0.2) is 9.97 Å². The lowest BCUT2D eigenvalue weighted by atomic mass is 9.96. The quantitative estimate of drug-likeness (QED) is 0.322. The Morgan fingerprint density at radius 3 is 2.74 bits per heavy atom. The van der Waals surface area contributed by atoms with E-state index in [9.17, 15) is 14.4 Å². The Morgan fingerprint density at radius 2 is 1.92 bits per heavy atom. The molecule has 0 spiro atoms. The molecule has 1 aliphatic rings. The molecule has 2 aromatic carbocycles. The fraction of sp³-hybridized carbons (Fsp3) is 0.250. The van der Waals surface area contributed by atoms with Crippen LogP contribution in [0.3, 0.4) is 0 Å². The minimum atomic E-state index is -0.454. The summed E-state index contributed by atoms with van der Waals surface area (Å²) >= 11 is 0. The SMILES string of the molecule is CC(=O)c1ccc2c(c1C)CC[C@@H]2NC(=O)c1cc(C(=O)NCc2ccc3oc(C)nc3c2)nc2ncnn12. The molecule has 2 N–H and O–H groups in total. The standard InChI is InChI=1S/C28H25N7O4/c1-14-18(15(2)36)5-6-20-19(14)7-8-21(20)33-27(38)24-11-23(34-28-30-13-31-35(24)28)26(37)29-12-17-4-9-25-22(10-17)32-16(3)39-25/h4-6,9-11,13,21H,7-8,12H2,1-3H3,(H,29,37)(H,33,38)/t21-/m0/s1. The van der Waals surface area contributed by atoms with Crippen molar-refractivity contribution in [3.05, 3.63) is 87.8 Å². The average Bonchev–Trinajstić information content (AvgIpc) is 3.64. The molecule has 1 atom stereocenters. The van der Waals surface area contributed by atoms with Crippen LogP contribution in [0.5, 0.6) is 0 Å². The van der Waals surface area contributed by atoms with Gasteiger partial charge in [0.05, 0.1) is 6.04 Å². The van der Waals surface area contributed by atoms with Crippen LogP contribution in [0.1, 0.15) is 78.9 Å². The average molecular weight is 524 g/mol. The molecule has 0 saturated carbocycles. The summed E-state index contributed by atoms with van der Waals surface area (Å²) in [5.74, 6) is -0.127. The molecule has 5 aromatic rings. The summed E-state index contributed by atoms with van der Waals surface area (Å²) in [6.07, 6.45) is 2.75. The maximum atomic E-state index is 13.4. The van der Waals surface area contributed by atoms with Gasteiger partial charge in [0, 0.05) is 25.1 Å². The maximum Gasteiger partial charge on any atom is 0.270 e. The Kier molecular flexibility index (Phi) is 5.90. The third-order valence-electron chi connectivity index (χ3n) is 7.11. The van der Waals surface area contributed by atoms with E-state index >= 15 is 0 Å². The molecule has 2 amide bonds. The summed E-state index contributed by atoms with van der Waals surface area (Å²) in [7, 11) is 0. The van der Waals surface area contributed by atoms with Crippen LogP contribution in [0, 0.1) is 13.8 Å². The van der Waals surface area contributed by atoms with Gasteiger partial charge < -0.3 is 15.1 Å². The number of rotatable bonds is 6. The molecule has 3 aromatic heterocycles. The van der Waals surface area contributed by atoms with E-state index in [0.29, 0.717) is 29.0 Å². The number of ketones is 1. The number of carbonyl (C=O) groups is 3. The van der Waals surface area contributed by atoms with Crippen LogP contribution in [0.4, 0.5) is 0 Å². The largest absolute Gasteiger partial charge is 0.441 e. The fourth-order valence-corrected chi connectivity index (χ4v) is 5.21. The Balaban J connectivity index is 1.22. The number of oxazole rings is 1. The van der Waals surface area contributed by atoms with Crippen LogP contribution in [-0.4, -0.2) is 42.2 Å². The number of benzene rings is 2. The van der Waals surface area contributed by atoms with E-state index in [4.69, 9.17) is 4.42 Å². The molecule has 196 valence electrons. The molecule has 3 heterocycles. The summed E-state index contributed by atoms with van der Waals surface area (Å²) in [6.45, 7) is 5.51. The third-order valence-corrected chi connectivity index (χ3v) is 7.11. The van der Waals surface area contributed by atoms with Crippen LogP contribution in [0.25, 0.3) is 16.9 Å². The second-order valence-corrected chi connectivity index (χ2v) is 9.64. The van der Waals surface area contributed by atoms with Gasteiger partial charge >= 0.3 is 0 Å². The van der Waals surface area contributed by atoms with E-state index in [1.807, 2.05) is 37.3 Å².